The minimum atomic E-state index is -0.694. The van der Waals surface area contributed by atoms with E-state index in [0.29, 0.717) is 0 Å². The highest BCUT2D eigenvalue weighted by atomic mass is 127. The van der Waals surface area contributed by atoms with Crippen molar-refractivity contribution in [2.45, 2.75) is 6.92 Å². The van der Waals surface area contributed by atoms with E-state index in [2.05, 4.69) is 27.9 Å². The first kappa shape index (κ1) is 18.5. The molecule has 2 aromatic carbocycles. The summed E-state index contributed by atoms with van der Waals surface area (Å²) in [6, 6.07) is 14.1. The molecule has 0 atom stereocenters. The first-order chi connectivity index (χ1) is 11.5. The van der Waals surface area contributed by atoms with Crippen molar-refractivity contribution in [3.63, 3.8) is 0 Å². The molecule has 2 aromatic rings. The topological polar surface area (TPSA) is 55.4 Å². The van der Waals surface area contributed by atoms with Crippen molar-refractivity contribution in [1.82, 2.24) is 0 Å². The summed E-state index contributed by atoms with van der Waals surface area (Å²) < 4.78 is 6.06. The minimum absolute atomic E-state index is 0.108. The lowest BCUT2D eigenvalue weighted by Gasteiger charge is -2.09. The molecule has 4 nitrogen and oxygen atoms in total. The standard InChI is InChI=1S/C18H15ClINO3/c1-2-24-18(23)15(11-21-13-9-7-12(20)8-10-13)17(22)14-5-3-4-6-16(14)19/h3-11,21H,2H2,1H3/b15-11+. The van der Waals surface area contributed by atoms with Crippen molar-refractivity contribution in [1.29, 1.82) is 0 Å². The Bertz CT molecular complexity index is 772. The van der Waals surface area contributed by atoms with Crippen molar-refractivity contribution >= 4 is 51.6 Å². The fourth-order valence-electron chi connectivity index (χ4n) is 1.92. The van der Waals surface area contributed by atoms with Gasteiger partial charge in [-0.3, -0.25) is 4.79 Å². The Morgan fingerprint density at radius 3 is 2.46 bits per heavy atom. The van der Waals surface area contributed by atoms with Gasteiger partial charge >= 0.3 is 5.97 Å². The fraction of sp³-hybridized carbons (Fsp3) is 0.111. The number of halogens is 2. The van der Waals surface area contributed by atoms with E-state index in [1.165, 1.54) is 6.20 Å². The van der Waals surface area contributed by atoms with Crippen molar-refractivity contribution in [3.05, 3.63) is 74.5 Å². The average Bonchev–Trinajstić information content (AvgIpc) is 2.57. The third kappa shape index (κ3) is 4.82. The molecule has 0 saturated carbocycles. The number of carbonyl (C=O) groups excluding carboxylic acids is 2. The monoisotopic (exact) mass is 455 g/mol. The van der Waals surface area contributed by atoms with Gasteiger partial charge in [-0.25, -0.2) is 4.79 Å². The van der Waals surface area contributed by atoms with Crippen LogP contribution in [0.5, 0.6) is 0 Å². The minimum Gasteiger partial charge on any atom is -0.462 e. The van der Waals surface area contributed by atoms with E-state index >= 15 is 0 Å². The third-order valence-electron chi connectivity index (χ3n) is 3.09. The molecule has 124 valence electrons. The van der Waals surface area contributed by atoms with Gasteiger partial charge in [0.1, 0.15) is 5.57 Å². The van der Waals surface area contributed by atoms with E-state index in [-0.39, 0.29) is 22.8 Å². The fourth-order valence-corrected chi connectivity index (χ4v) is 2.50. The van der Waals surface area contributed by atoms with Crippen molar-refractivity contribution < 1.29 is 14.3 Å². The number of nitrogens with one attached hydrogen (secondary N) is 1. The van der Waals surface area contributed by atoms with Crippen LogP contribution in [0.25, 0.3) is 0 Å². The second-order valence-electron chi connectivity index (χ2n) is 4.74. The Hall–Kier alpha value is -1.86. The Kier molecular flexibility index (Phi) is 6.81. The molecule has 0 aliphatic heterocycles. The number of anilines is 1. The first-order valence-corrected chi connectivity index (χ1v) is 8.67. The average molecular weight is 456 g/mol. The maximum absolute atomic E-state index is 12.7. The summed E-state index contributed by atoms with van der Waals surface area (Å²) in [5.41, 5.74) is 0.899. The summed E-state index contributed by atoms with van der Waals surface area (Å²) in [7, 11) is 0. The van der Waals surface area contributed by atoms with E-state index in [1.807, 2.05) is 24.3 Å². The third-order valence-corrected chi connectivity index (χ3v) is 4.13. The number of ketones is 1. The van der Waals surface area contributed by atoms with Crippen LogP contribution < -0.4 is 5.32 Å². The van der Waals surface area contributed by atoms with Crippen LogP contribution in [-0.4, -0.2) is 18.4 Å². The SMILES string of the molecule is CCOC(=O)/C(=C/Nc1ccc(I)cc1)C(=O)c1ccccc1Cl. The number of ether oxygens (including phenoxy) is 1. The van der Waals surface area contributed by atoms with Crippen molar-refractivity contribution in [2.24, 2.45) is 0 Å². The maximum Gasteiger partial charge on any atom is 0.343 e. The Labute approximate surface area is 159 Å². The zero-order valence-corrected chi connectivity index (χ0v) is 15.8. The van der Waals surface area contributed by atoms with Gasteiger partial charge in [0, 0.05) is 21.0 Å². The molecule has 0 heterocycles. The molecule has 6 heteroatoms. The van der Waals surface area contributed by atoms with Crippen LogP contribution in [0.4, 0.5) is 5.69 Å². The molecule has 0 fully saturated rings. The largest absolute Gasteiger partial charge is 0.462 e. The van der Waals surface area contributed by atoms with Crippen LogP contribution in [0.3, 0.4) is 0 Å². The van der Waals surface area contributed by atoms with E-state index in [4.69, 9.17) is 16.3 Å². The van der Waals surface area contributed by atoms with E-state index in [0.717, 1.165) is 9.26 Å². The van der Waals surface area contributed by atoms with Gasteiger partial charge in [0.2, 0.25) is 5.78 Å². The van der Waals surface area contributed by atoms with Gasteiger partial charge in [-0.15, -0.1) is 0 Å². The predicted molar refractivity (Wildman–Crippen MR) is 103 cm³/mol. The van der Waals surface area contributed by atoms with E-state index in [1.54, 1.807) is 31.2 Å². The molecule has 0 saturated heterocycles. The van der Waals surface area contributed by atoms with Crippen LogP contribution in [-0.2, 0) is 9.53 Å². The van der Waals surface area contributed by atoms with Gasteiger partial charge in [0.25, 0.3) is 0 Å². The molecule has 0 spiro atoms. The number of rotatable bonds is 6. The number of hydrogen-bond donors (Lipinski definition) is 1. The van der Waals surface area contributed by atoms with Gasteiger partial charge in [-0.2, -0.15) is 0 Å². The summed E-state index contributed by atoms with van der Waals surface area (Å²) >= 11 is 8.25. The van der Waals surface area contributed by atoms with Crippen LogP contribution in [0.1, 0.15) is 17.3 Å². The van der Waals surface area contributed by atoms with E-state index in [9.17, 15) is 9.59 Å². The zero-order valence-electron chi connectivity index (χ0n) is 12.9. The second kappa shape index (κ2) is 8.84. The zero-order chi connectivity index (χ0) is 17.5. The molecular weight excluding hydrogens is 441 g/mol. The quantitative estimate of drug-likeness (QED) is 0.172. The molecule has 24 heavy (non-hydrogen) atoms. The lowest BCUT2D eigenvalue weighted by molar-refractivity contribution is -0.138. The molecule has 0 amide bonds. The summed E-state index contributed by atoms with van der Waals surface area (Å²) in [6.07, 6.45) is 1.35. The molecule has 0 aliphatic rings. The lowest BCUT2D eigenvalue weighted by atomic mass is 10.0. The first-order valence-electron chi connectivity index (χ1n) is 7.21. The van der Waals surface area contributed by atoms with Gasteiger partial charge in [0.15, 0.2) is 0 Å². The summed E-state index contributed by atoms with van der Waals surface area (Å²) in [5, 5.41) is 3.24. The second-order valence-corrected chi connectivity index (χ2v) is 6.39. The normalized spacial score (nSPS) is 11.0. The van der Waals surface area contributed by atoms with Crippen molar-refractivity contribution in [2.75, 3.05) is 11.9 Å². The molecular formula is C18H15ClINO3. The van der Waals surface area contributed by atoms with Gasteiger partial charge in [-0.05, 0) is 65.9 Å². The van der Waals surface area contributed by atoms with Crippen LogP contribution in [0, 0.1) is 3.57 Å². The number of Topliss-reactive ketones (excluding diaryl/α,β-unsaturated/α-hetero) is 1. The van der Waals surface area contributed by atoms with E-state index < -0.39 is 11.8 Å². The summed E-state index contributed by atoms with van der Waals surface area (Å²) in [4.78, 5) is 24.8. The molecule has 0 radical (unpaired) electrons. The Morgan fingerprint density at radius 1 is 1.17 bits per heavy atom. The number of hydrogen-bond acceptors (Lipinski definition) is 4. The van der Waals surface area contributed by atoms with Crippen LogP contribution >= 0.6 is 34.2 Å². The summed E-state index contributed by atoms with van der Waals surface area (Å²) in [5.74, 6) is -1.18. The molecule has 0 aromatic heterocycles. The maximum atomic E-state index is 12.7. The van der Waals surface area contributed by atoms with Gasteiger partial charge < -0.3 is 10.1 Å². The smallest absolute Gasteiger partial charge is 0.343 e. The highest BCUT2D eigenvalue weighted by Gasteiger charge is 2.22. The lowest BCUT2D eigenvalue weighted by Crippen LogP contribution is -2.18. The van der Waals surface area contributed by atoms with Crippen LogP contribution in [0.15, 0.2) is 60.3 Å². The highest BCUT2D eigenvalue weighted by Crippen LogP contribution is 2.20. The van der Waals surface area contributed by atoms with Gasteiger partial charge in [-0.1, -0.05) is 23.7 Å². The Balaban J connectivity index is 2.32. The predicted octanol–water partition coefficient (Wildman–Crippen LogP) is 4.69. The summed E-state index contributed by atoms with van der Waals surface area (Å²) in [6.45, 7) is 1.86. The van der Waals surface area contributed by atoms with Gasteiger partial charge in [0.05, 0.1) is 11.6 Å². The number of carbonyl (C=O) groups is 2. The number of benzene rings is 2. The molecule has 2 rings (SSSR count). The Morgan fingerprint density at radius 2 is 1.83 bits per heavy atom. The van der Waals surface area contributed by atoms with Crippen LogP contribution in [0.2, 0.25) is 5.02 Å². The van der Waals surface area contributed by atoms with Crippen molar-refractivity contribution in [3.8, 4) is 0 Å². The molecule has 0 unspecified atom stereocenters. The highest BCUT2D eigenvalue weighted by molar-refractivity contribution is 14.1. The molecule has 1 N–H and O–H groups in total. The number of esters is 1. The molecule has 0 bridgehead atoms. The molecule has 0 aliphatic carbocycles.